The average Bonchev–Trinajstić information content (AvgIpc) is 2.24. The van der Waals surface area contributed by atoms with Crippen LogP contribution < -0.4 is 0 Å². The first-order valence-corrected chi connectivity index (χ1v) is 9.13. The third-order valence-corrected chi connectivity index (χ3v) is 2.75. The van der Waals surface area contributed by atoms with Gasteiger partial charge in [-0.1, -0.05) is 44.3 Å². The van der Waals surface area contributed by atoms with Gasteiger partial charge < -0.3 is 0 Å². The summed E-state index contributed by atoms with van der Waals surface area (Å²) in [4.78, 5) is 0. The highest BCUT2D eigenvalue weighted by Crippen LogP contribution is 2.03. The van der Waals surface area contributed by atoms with E-state index in [0.29, 0.717) is 0 Å². The average molecular weight is 226 g/mol. The molecule has 0 aromatic heterocycles. The summed E-state index contributed by atoms with van der Waals surface area (Å²) in [7, 11) is -1.26. The van der Waals surface area contributed by atoms with Gasteiger partial charge in [0, 0.05) is 17.5 Å². The number of hydrogen-bond acceptors (Lipinski definition) is 0. The first-order valence-electron chi connectivity index (χ1n) is 5.63. The number of benzene rings is 1. The lowest BCUT2D eigenvalue weighted by Gasteiger charge is -2.03. The topological polar surface area (TPSA) is 0 Å². The molecular formula is C15H18Si. The Morgan fingerprint density at radius 2 is 1.44 bits per heavy atom. The van der Waals surface area contributed by atoms with E-state index in [1.165, 1.54) is 0 Å². The zero-order valence-electron chi connectivity index (χ0n) is 10.5. The Morgan fingerprint density at radius 1 is 0.938 bits per heavy atom. The third kappa shape index (κ3) is 4.87. The van der Waals surface area contributed by atoms with E-state index in [4.69, 9.17) is 0 Å². The van der Waals surface area contributed by atoms with Gasteiger partial charge in [0.1, 0.15) is 8.07 Å². The smallest absolute Gasteiger partial charge is 0.127 e. The molecule has 0 unspecified atom stereocenters. The Labute approximate surface area is 100 Å². The van der Waals surface area contributed by atoms with Gasteiger partial charge in [-0.2, -0.15) is 0 Å². The number of rotatable bonds is 0. The van der Waals surface area contributed by atoms with Crippen LogP contribution in [0.2, 0.25) is 19.6 Å². The van der Waals surface area contributed by atoms with E-state index in [1.54, 1.807) is 0 Å². The maximum absolute atomic E-state index is 3.35. The molecule has 0 aliphatic heterocycles. The lowest BCUT2D eigenvalue weighted by molar-refractivity contribution is 1.28. The lowest BCUT2D eigenvalue weighted by atomic mass is 10.1. The second-order valence-electron chi connectivity index (χ2n) is 4.73. The molecule has 1 rings (SSSR count). The van der Waals surface area contributed by atoms with Crippen LogP contribution in [0.3, 0.4) is 0 Å². The lowest BCUT2D eigenvalue weighted by Crippen LogP contribution is -2.16. The van der Waals surface area contributed by atoms with Crippen molar-refractivity contribution in [3.8, 4) is 23.3 Å². The summed E-state index contributed by atoms with van der Waals surface area (Å²) in [5.41, 5.74) is 5.51. The minimum Gasteiger partial charge on any atom is -0.127 e. The van der Waals surface area contributed by atoms with Gasteiger partial charge in [0.05, 0.1) is 0 Å². The molecule has 0 atom stereocenters. The molecule has 1 aromatic rings. The minimum absolute atomic E-state index is 0.900. The van der Waals surface area contributed by atoms with Crippen molar-refractivity contribution in [3.05, 3.63) is 35.4 Å². The molecule has 0 spiro atoms. The number of hydrogen-bond donors (Lipinski definition) is 0. The highest BCUT2D eigenvalue weighted by Gasteiger charge is 2.07. The molecule has 0 nitrogen and oxygen atoms in total. The Hall–Kier alpha value is -1.44. The molecular weight excluding hydrogens is 208 g/mol. The summed E-state index contributed by atoms with van der Waals surface area (Å²) >= 11 is 0. The Balaban J connectivity index is 2.82. The van der Waals surface area contributed by atoms with Crippen LogP contribution in [0.25, 0.3) is 0 Å². The molecule has 0 aliphatic carbocycles. The molecule has 1 aromatic carbocycles. The molecule has 1 heteroatoms. The summed E-state index contributed by atoms with van der Waals surface area (Å²) in [6.45, 7) is 8.81. The first-order chi connectivity index (χ1) is 7.51. The normalized spacial score (nSPS) is 9.75. The van der Waals surface area contributed by atoms with E-state index >= 15 is 0 Å². The van der Waals surface area contributed by atoms with E-state index in [9.17, 15) is 0 Å². The van der Waals surface area contributed by atoms with E-state index in [2.05, 4.69) is 49.9 Å². The predicted molar refractivity (Wildman–Crippen MR) is 73.8 cm³/mol. The van der Waals surface area contributed by atoms with Crippen molar-refractivity contribution in [1.29, 1.82) is 0 Å². The second kappa shape index (κ2) is 5.59. The van der Waals surface area contributed by atoms with Gasteiger partial charge in [-0.15, -0.1) is 5.54 Å². The fraction of sp³-hybridized carbons (Fsp3) is 0.333. The molecule has 0 N–H and O–H groups in total. The molecule has 0 bridgehead atoms. The highest BCUT2D eigenvalue weighted by atomic mass is 28.3. The van der Waals surface area contributed by atoms with Gasteiger partial charge in [0.15, 0.2) is 0 Å². The zero-order valence-corrected chi connectivity index (χ0v) is 11.5. The molecule has 82 valence electrons. The molecule has 0 fully saturated rings. The van der Waals surface area contributed by atoms with Gasteiger partial charge in [-0.25, -0.2) is 0 Å². The summed E-state index contributed by atoms with van der Waals surface area (Å²) in [6.07, 6.45) is 0.900. The minimum atomic E-state index is -1.26. The van der Waals surface area contributed by atoms with Crippen LogP contribution in [0.5, 0.6) is 0 Å². The van der Waals surface area contributed by atoms with Crippen LogP contribution in [-0.4, -0.2) is 8.07 Å². The van der Waals surface area contributed by atoms with Crippen molar-refractivity contribution in [2.24, 2.45) is 0 Å². The maximum atomic E-state index is 3.35. The van der Waals surface area contributed by atoms with E-state index in [0.717, 1.165) is 17.5 Å². The van der Waals surface area contributed by atoms with E-state index in [-0.39, 0.29) is 0 Å². The molecule has 16 heavy (non-hydrogen) atoms. The molecule has 0 aliphatic rings. The van der Waals surface area contributed by atoms with Crippen LogP contribution in [0.4, 0.5) is 0 Å². The van der Waals surface area contributed by atoms with Gasteiger partial charge in [-0.3, -0.25) is 0 Å². The van der Waals surface area contributed by atoms with Crippen LogP contribution in [0.1, 0.15) is 24.5 Å². The fourth-order valence-electron chi connectivity index (χ4n) is 1.09. The largest absolute Gasteiger partial charge is 0.129 e. The van der Waals surface area contributed by atoms with E-state index in [1.807, 2.05) is 24.3 Å². The maximum Gasteiger partial charge on any atom is 0.129 e. The van der Waals surface area contributed by atoms with Gasteiger partial charge in [0.25, 0.3) is 0 Å². The monoisotopic (exact) mass is 226 g/mol. The molecule has 0 saturated heterocycles. The fourth-order valence-corrected chi connectivity index (χ4v) is 1.61. The molecule has 0 amide bonds. The van der Waals surface area contributed by atoms with Crippen LogP contribution in [0.15, 0.2) is 24.3 Å². The van der Waals surface area contributed by atoms with Crippen molar-refractivity contribution >= 4 is 8.07 Å². The van der Waals surface area contributed by atoms with E-state index < -0.39 is 8.07 Å². The first kappa shape index (κ1) is 12.6. The van der Waals surface area contributed by atoms with Crippen LogP contribution in [-0.2, 0) is 0 Å². The van der Waals surface area contributed by atoms with Crippen molar-refractivity contribution in [2.75, 3.05) is 0 Å². The standard InChI is InChI=1S/C15H18Si/c1-5-6-7-14-8-10-15(11-9-14)12-13-16(2,3)4/h8-11H,5H2,1-4H3. The van der Waals surface area contributed by atoms with Crippen LogP contribution in [0, 0.1) is 23.3 Å². The zero-order chi connectivity index (χ0) is 12.0. The Morgan fingerprint density at radius 3 is 1.88 bits per heavy atom. The van der Waals surface area contributed by atoms with Gasteiger partial charge in [-0.05, 0) is 24.3 Å². The second-order valence-corrected chi connectivity index (χ2v) is 9.48. The molecule has 0 radical (unpaired) electrons. The SMILES string of the molecule is CCC#Cc1ccc(C#C[Si](C)(C)C)cc1. The quantitative estimate of drug-likeness (QED) is 0.468. The molecule has 0 heterocycles. The third-order valence-electron chi connectivity index (χ3n) is 1.88. The van der Waals surface area contributed by atoms with Crippen molar-refractivity contribution in [3.63, 3.8) is 0 Å². The Bertz CT molecular complexity index is 453. The highest BCUT2D eigenvalue weighted by molar-refractivity contribution is 6.83. The van der Waals surface area contributed by atoms with Gasteiger partial charge >= 0.3 is 0 Å². The van der Waals surface area contributed by atoms with Gasteiger partial charge in [0.2, 0.25) is 0 Å². The summed E-state index contributed by atoms with van der Waals surface area (Å²) in [5, 5.41) is 0. The van der Waals surface area contributed by atoms with Crippen molar-refractivity contribution < 1.29 is 0 Å². The summed E-state index contributed by atoms with van der Waals surface area (Å²) in [6, 6.07) is 8.17. The summed E-state index contributed by atoms with van der Waals surface area (Å²) in [5.74, 6) is 9.40. The van der Waals surface area contributed by atoms with Crippen molar-refractivity contribution in [1.82, 2.24) is 0 Å². The van der Waals surface area contributed by atoms with Crippen molar-refractivity contribution in [2.45, 2.75) is 33.0 Å². The predicted octanol–water partition coefficient (Wildman–Crippen LogP) is 3.68. The Kier molecular flexibility index (Phi) is 4.41. The molecule has 0 saturated carbocycles. The van der Waals surface area contributed by atoms with Crippen LogP contribution >= 0.6 is 0 Å². The summed E-state index contributed by atoms with van der Waals surface area (Å²) < 4.78 is 0.